The molecule has 0 aromatic carbocycles. The maximum absolute atomic E-state index is 5.68. The lowest BCUT2D eigenvalue weighted by Crippen LogP contribution is -2.32. The third kappa shape index (κ3) is 3.26. The molecule has 1 aliphatic rings. The van der Waals surface area contributed by atoms with Crippen LogP contribution in [0.4, 0.5) is 0 Å². The Kier molecular flexibility index (Phi) is 4.50. The highest BCUT2D eigenvalue weighted by molar-refractivity contribution is 4.90. The molecule has 1 N–H and O–H groups in total. The summed E-state index contributed by atoms with van der Waals surface area (Å²) in [6.07, 6.45) is 6.44. The number of nitrogens with zero attached hydrogens (tertiary/aromatic N) is 3. The molecule has 1 aromatic heterocycles. The van der Waals surface area contributed by atoms with E-state index in [1.807, 2.05) is 11.7 Å². The number of aromatic nitrogens is 3. The van der Waals surface area contributed by atoms with Gasteiger partial charge in [-0.2, -0.15) is 5.10 Å². The topological polar surface area (TPSA) is 52.0 Å². The smallest absolute Gasteiger partial charge is 0.138 e. The molecule has 1 aliphatic heterocycles. The van der Waals surface area contributed by atoms with Gasteiger partial charge < -0.3 is 10.1 Å². The first-order valence-electron chi connectivity index (χ1n) is 6.49. The second-order valence-electron chi connectivity index (χ2n) is 4.55. The predicted molar refractivity (Wildman–Crippen MR) is 65.8 cm³/mol. The molecule has 0 saturated carbocycles. The van der Waals surface area contributed by atoms with Crippen molar-refractivity contribution in [2.75, 3.05) is 13.7 Å². The summed E-state index contributed by atoms with van der Waals surface area (Å²) in [6.45, 7) is 3.89. The molecule has 1 fully saturated rings. The molecule has 1 aromatic rings. The van der Waals surface area contributed by atoms with Gasteiger partial charge in [0.25, 0.3) is 0 Å². The first-order valence-corrected chi connectivity index (χ1v) is 6.49. The van der Waals surface area contributed by atoms with Crippen LogP contribution in [-0.2, 0) is 17.7 Å². The van der Waals surface area contributed by atoms with E-state index in [-0.39, 0.29) is 0 Å². The lowest BCUT2D eigenvalue weighted by molar-refractivity contribution is 0.0951. The fourth-order valence-corrected chi connectivity index (χ4v) is 2.38. The molecule has 0 amide bonds. The van der Waals surface area contributed by atoms with Crippen LogP contribution in [0, 0.1) is 0 Å². The summed E-state index contributed by atoms with van der Waals surface area (Å²) in [5.74, 6) is 1.06. The first kappa shape index (κ1) is 12.5. The summed E-state index contributed by atoms with van der Waals surface area (Å²) >= 11 is 0. The summed E-state index contributed by atoms with van der Waals surface area (Å²) in [7, 11) is 2.01. The van der Waals surface area contributed by atoms with Crippen molar-refractivity contribution < 1.29 is 4.74 Å². The lowest BCUT2D eigenvalue weighted by atomic mass is 10.0. The maximum Gasteiger partial charge on any atom is 0.138 e. The minimum atomic E-state index is 0.422. The number of rotatable bonds is 6. The average Bonchev–Trinajstić information content (AvgIpc) is 2.99. The summed E-state index contributed by atoms with van der Waals surface area (Å²) in [5, 5.41) is 7.56. The van der Waals surface area contributed by atoms with Crippen LogP contribution in [0.1, 0.15) is 32.0 Å². The number of aryl methyl sites for hydroxylation is 1. The molecular weight excluding hydrogens is 216 g/mol. The molecule has 2 unspecified atom stereocenters. The van der Waals surface area contributed by atoms with Crippen molar-refractivity contribution in [2.24, 2.45) is 0 Å². The highest BCUT2D eigenvalue weighted by Gasteiger charge is 2.21. The second kappa shape index (κ2) is 6.12. The molecule has 5 heteroatoms. The van der Waals surface area contributed by atoms with E-state index in [9.17, 15) is 0 Å². The van der Waals surface area contributed by atoms with Crippen LogP contribution in [0.5, 0.6) is 0 Å². The number of hydrogen-bond acceptors (Lipinski definition) is 4. The van der Waals surface area contributed by atoms with E-state index in [1.165, 1.54) is 12.8 Å². The van der Waals surface area contributed by atoms with Gasteiger partial charge in [-0.15, -0.1) is 0 Å². The Balaban J connectivity index is 1.90. The van der Waals surface area contributed by atoms with E-state index in [0.29, 0.717) is 12.1 Å². The molecule has 0 spiro atoms. The normalized spacial score (nSPS) is 21.9. The Morgan fingerprint density at radius 2 is 2.53 bits per heavy atom. The van der Waals surface area contributed by atoms with Crippen LogP contribution in [0.3, 0.4) is 0 Å². The van der Waals surface area contributed by atoms with Crippen molar-refractivity contribution >= 4 is 0 Å². The summed E-state index contributed by atoms with van der Waals surface area (Å²) in [4.78, 5) is 4.32. The largest absolute Gasteiger partial charge is 0.378 e. The Morgan fingerprint density at radius 1 is 1.65 bits per heavy atom. The van der Waals surface area contributed by atoms with Crippen molar-refractivity contribution in [3.8, 4) is 0 Å². The van der Waals surface area contributed by atoms with Gasteiger partial charge in [-0.25, -0.2) is 4.98 Å². The van der Waals surface area contributed by atoms with Gasteiger partial charge in [0.15, 0.2) is 0 Å². The molecule has 96 valence electrons. The van der Waals surface area contributed by atoms with Gasteiger partial charge >= 0.3 is 0 Å². The van der Waals surface area contributed by atoms with Gasteiger partial charge in [0.05, 0.1) is 6.10 Å². The third-order valence-corrected chi connectivity index (χ3v) is 3.40. The van der Waals surface area contributed by atoms with E-state index in [1.54, 1.807) is 6.33 Å². The average molecular weight is 238 g/mol. The van der Waals surface area contributed by atoms with Gasteiger partial charge in [-0.3, -0.25) is 4.68 Å². The Morgan fingerprint density at radius 3 is 3.18 bits per heavy atom. The number of likely N-dealkylation sites (N-methyl/N-ethyl adjacent to an activating group) is 1. The molecule has 2 atom stereocenters. The number of ether oxygens (including phenoxy) is 1. The SMILES string of the molecule is CCn1ncnc1CC(CC1CCCO1)NC. The van der Waals surface area contributed by atoms with Crippen LogP contribution >= 0.6 is 0 Å². The number of nitrogens with one attached hydrogen (secondary N) is 1. The van der Waals surface area contributed by atoms with E-state index in [4.69, 9.17) is 4.74 Å². The summed E-state index contributed by atoms with van der Waals surface area (Å²) in [5.41, 5.74) is 0. The summed E-state index contributed by atoms with van der Waals surface area (Å²) < 4.78 is 7.64. The Bertz CT molecular complexity index is 333. The monoisotopic (exact) mass is 238 g/mol. The Labute approximate surface area is 103 Å². The highest BCUT2D eigenvalue weighted by Crippen LogP contribution is 2.18. The molecule has 1 saturated heterocycles. The zero-order valence-corrected chi connectivity index (χ0v) is 10.7. The molecule has 0 aliphatic carbocycles. The Hall–Kier alpha value is -0.940. The maximum atomic E-state index is 5.68. The van der Waals surface area contributed by atoms with Gasteiger partial charge in [-0.05, 0) is 33.2 Å². The zero-order valence-electron chi connectivity index (χ0n) is 10.7. The molecule has 0 radical (unpaired) electrons. The fraction of sp³-hybridized carbons (Fsp3) is 0.833. The van der Waals surface area contributed by atoms with E-state index in [0.717, 1.165) is 31.8 Å². The predicted octanol–water partition coefficient (Wildman–Crippen LogP) is 0.998. The van der Waals surface area contributed by atoms with Gasteiger partial charge in [0, 0.05) is 25.6 Å². The third-order valence-electron chi connectivity index (χ3n) is 3.40. The van der Waals surface area contributed by atoms with Crippen LogP contribution in [0.25, 0.3) is 0 Å². The van der Waals surface area contributed by atoms with Crippen LogP contribution in [0.2, 0.25) is 0 Å². The first-order chi connectivity index (χ1) is 8.33. The molecular formula is C12H22N4O. The van der Waals surface area contributed by atoms with Gasteiger partial charge in [0.2, 0.25) is 0 Å². The second-order valence-corrected chi connectivity index (χ2v) is 4.55. The van der Waals surface area contributed by atoms with Crippen molar-refractivity contribution in [3.63, 3.8) is 0 Å². The molecule has 0 bridgehead atoms. The van der Waals surface area contributed by atoms with Crippen molar-refractivity contribution in [3.05, 3.63) is 12.2 Å². The molecule has 5 nitrogen and oxygen atoms in total. The lowest BCUT2D eigenvalue weighted by Gasteiger charge is -2.19. The zero-order chi connectivity index (χ0) is 12.1. The molecule has 2 heterocycles. The molecule has 2 rings (SSSR count). The van der Waals surface area contributed by atoms with Gasteiger partial charge in [-0.1, -0.05) is 0 Å². The van der Waals surface area contributed by atoms with Gasteiger partial charge in [0.1, 0.15) is 12.2 Å². The number of hydrogen-bond donors (Lipinski definition) is 1. The van der Waals surface area contributed by atoms with Crippen molar-refractivity contribution in [1.82, 2.24) is 20.1 Å². The van der Waals surface area contributed by atoms with Crippen LogP contribution in [-0.4, -0.2) is 40.6 Å². The van der Waals surface area contributed by atoms with E-state index >= 15 is 0 Å². The minimum absolute atomic E-state index is 0.422. The summed E-state index contributed by atoms with van der Waals surface area (Å²) in [6, 6.07) is 0.424. The van der Waals surface area contributed by atoms with Crippen molar-refractivity contribution in [1.29, 1.82) is 0 Å². The van der Waals surface area contributed by atoms with E-state index < -0.39 is 0 Å². The van der Waals surface area contributed by atoms with Crippen molar-refractivity contribution in [2.45, 2.75) is 51.3 Å². The fourth-order valence-electron chi connectivity index (χ4n) is 2.38. The van der Waals surface area contributed by atoms with Crippen LogP contribution < -0.4 is 5.32 Å². The molecule has 17 heavy (non-hydrogen) atoms. The quantitative estimate of drug-likeness (QED) is 0.803. The highest BCUT2D eigenvalue weighted by atomic mass is 16.5. The van der Waals surface area contributed by atoms with E-state index in [2.05, 4.69) is 22.3 Å². The standard InChI is InChI=1S/C12H22N4O/c1-3-16-12(14-9-15-16)8-10(13-2)7-11-5-4-6-17-11/h9-11,13H,3-8H2,1-2H3. The minimum Gasteiger partial charge on any atom is -0.378 e. The van der Waals surface area contributed by atoms with Crippen LogP contribution in [0.15, 0.2) is 6.33 Å².